The summed E-state index contributed by atoms with van der Waals surface area (Å²) in [5.41, 5.74) is 1.21. The van der Waals surface area contributed by atoms with Gasteiger partial charge in [0.1, 0.15) is 6.04 Å². The summed E-state index contributed by atoms with van der Waals surface area (Å²) in [6.07, 6.45) is 4.78. The number of carbonyl (C=O) groups is 3. The molecule has 1 aliphatic heterocycles. The summed E-state index contributed by atoms with van der Waals surface area (Å²) in [5, 5.41) is 3.13. The molecule has 0 bridgehead atoms. The molecule has 4 rings (SSSR count). The monoisotopic (exact) mass is 440 g/mol. The lowest BCUT2D eigenvalue weighted by Crippen LogP contribution is -2.47. The molecule has 2 aliphatic rings. The van der Waals surface area contributed by atoms with Crippen LogP contribution in [0.4, 0.5) is 5.69 Å². The number of ether oxygens (including phenoxy) is 1. The van der Waals surface area contributed by atoms with Gasteiger partial charge in [-0.25, -0.2) is 4.79 Å². The van der Waals surface area contributed by atoms with Crippen LogP contribution >= 0.6 is 11.6 Å². The van der Waals surface area contributed by atoms with E-state index in [-0.39, 0.29) is 28.4 Å². The van der Waals surface area contributed by atoms with Crippen LogP contribution in [-0.4, -0.2) is 41.9 Å². The molecule has 1 saturated heterocycles. The number of anilines is 1. The second-order valence-electron chi connectivity index (χ2n) is 8.12. The molecule has 1 aliphatic carbocycles. The fourth-order valence-corrected chi connectivity index (χ4v) is 5.01. The average Bonchev–Trinajstić information content (AvgIpc) is 3.19. The smallest absolute Gasteiger partial charge is 0.339 e. The first kappa shape index (κ1) is 21.4. The Morgan fingerprint density at radius 1 is 1.06 bits per heavy atom. The number of hydrogen-bond acceptors (Lipinski definition) is 4. The largest absolute Gasteiger partial charge is 0.465 e. The molecule has 1 saturated carbocycles. The lowest BCUT2D eigenvalue weighted by molar-refractivity contribution is -0.120. The highest BCUT2D eigenvalue weighted by Gasteiger charge is 2.47. The summed E-state index contributed by atoms with van der Waals surface area (Å²) in [6.45, 7) is 0. The Kier molecular flexibility index (Phi) is 6.28. The summed E-state index contributed by atoms with van der Waals surface area (Å²) in [5.74, 6) is -0.611. The maximum Gasteiger partial charge on any atom is 0.339 e. The van der Waals surface area contributed by atoms with Gasteiger partial charge in [0.05, 0.1) is 17.7 Å². The topological polar surface area (TPSA) is 75.7 Å². The zero-order valence-corrected chi connectivity index (χ0v) is 18.1. The van der Waals surface area contributed by atoms with Gasteiger partial charge in [-0.1, -0.05) is 42.6 Å². The fraction of sp³-hybridized carbons (Fsp3) is 0.375. The molecule has 2 fully saturated rings. The maximum atomic E-state index is 13.4. The Balaban J connectivity index is 1.60. The number of halogens is 1. The van der Waals surface area contributed by atoms with Gasteiger partial charge in [-0.3, -0.25) is 9.59 Å². The molecule has 1 N–H and O–H groups in total. The van der Waals surface area contributed by atoms with Crippen molar-refractivity contribution in [1.82, 2.24) is 4.90 Å². The lowest BCUT2D eigenvalue weighted by Gasteiger charge is -2.33. The van der Waals surface area contributed by atoms with Crippen molar-refractivity contribution in [2.24, 2.45) is 5.92 Å². The van der Waals surface area contributed by atoms with Crippen LogP contribution in [0, 0.1) is 5.92 Å². The molecular formula is C24H25ClN2O4. The quantitative estimate of drug-likeness (QED) is 0.708. The van der Waals surface area contributed by atoms with Crippen molar-refractivity contribution in [3.8, 4) is 0 Å². The SMILES string of the molecule is COC(=O)c1cc(NC(=O)C2CC3CCCCC3N2C(=O)c2ccccc2)ccc1Cl. The molecule has 2 aromatic carbocycles. The van der Waals surface area contributed by atoms with Gasteiger partial charge in [-0.2, -0.15) is 0 Å². The van der Waals surface area contributed by atoms with Crippen molar-refractivity contribution in [1.29, 1.82) is 0 Å². The van der Waals surface area contributed by atoms with Crippen LogP contribution < -0.4 is 5.32 Å². The Hall–Kier alpha value is -2.86. The van der Waals surface area contributed by atoms with Crippen molar-refractivity contribution in [2.75, 3.05) is 12.4 Å². The van der Waals surface area contributed by atoms with E-state index in [0.29, 0.717) is 23.6 Å². The minimum Gasteiger partial charge on any atom is -0.465 e. The van der Waals surface area contributed by atoms with E-state index >= 15 is 0 Å². The van der Waals surface area contributed by atoms with Gasteiger partial charge >= 0.3 is 5.97 Å². The molecule has 2 aromatic rings. The highest BCUT2D eigenvalue weighted by atomic mass is 35.5. The summed E-state index contributed by atoms with van der Waals surface area (Å²) >= 11 is 6.08. The van der Waals surface area contributed by atoms with Crippen molar-refractivity contribution >= 4 is 35.1 Å². The highest BCUT2D eigenvalue weighted by molar-refractivity contribution is 6.33. The van der Waals surface area contributed by atoms with E-state index in [1.54, 1.807) is 29.2 Å². The summed E-state index contributed by atoms with van der Waals surface area (Å²) in [6, 6.07) is 13.3. The van der Waals surface area contributed by atoms with E-state index in [4.69, 9.17) is 16.3 Å². The zero-order valence-electron chi connectivity index (χ0n) is 17.3. The normalized spacial score (nSPS) is 22.5. The first-order chi connectivity index (χ1) is 15.0. The third kappa shape index (κ3) is 4.30. The molecule has 6 nitrogen and oxygen atoms in total. The van der Waals surface area contributed by atoms with Crippen LogP contribution in [0.5, 0.6) is 0 Å². The molecule has 3 atom stereocenters. The van der Waals surface area contributed by atoms with Crippen molar-refractivity contribution in [2.45, 2.75) is 44.2 Å². The number of hydrogen-bond donors (Lipinski definition) is 1. The van der Waals surface area contributed by atoms with E-state index in [0.717, 1.165) is 25.7 Å². The molecule has 2 amide bonds. The molecule has 1 heterocycles. The Bertz CT molecular complexity index is 994. The summed E-state index contributed by atoms with van der Waals surface area (Å²) in [7, 11) is 1.28. The summed E-state index contributed by atoms with van der Waals surface area (Å²) < 4.78 is 4.75. The third-order valence-corrected chi connectivity index (χ3v) is 6.61. The minimum absolute atomic E-state index is 0.0769. The number of nitrogens with one attached hydrogen (secondary N) is 1. The van der Waals surface area contributed by atoms with Gasteiger partial charge in [0.25, 0.3) is 5.91 Å². The number of benzene rings is 2. The first-order valence-corrected chi connectivity index (χ1v) is 10.9. The number of rotatable bonds is 4. The molecule has 31 heavy (non-hydrogen) atoms. The van der Waals surface area contributed by atoms with Crippen LogP contribution in [0.25, 0.3) is 0 Å². The van der Waals surface area contributed by atoms with Gasteiger partial charge < -0.3 is 15.0 Å². The molecule has 0 aromatic heterocycles. The highest BCUT2D eigenvalue weighted by Crippen LogP contribution is 2.41. The summed E-state index contributed by atoms with van der Waals surface area (Å²) in [4.78, 5) is 40.4. The number of esters is 1. The van der Waals surface area contributed by atoms with Crippen LogP contribution in [0.2, 0.25) is 5.02 Å². The number of methoxy groups -OCH3 is 1. The number of carbonyl (C=O) groups excluding carboxylic acids is 3. The predicted molar refractivity (Wildman–Crippen MR) is 118 cm³/mol. The van der Waals surface area contributed by atoms with Crippen LogP contribution in [0.15, 0.2) is 48.5 Å². The lowest BCUT2D eigenvalue weighted by atomic mass is 9.84. The number of fused-ring (bicyclic) bond motifs is 1. The standard InChI is InChI=1S/C24H25ClN2O4/c1-31-24(30)18-14-17(11-12-19(18)25)26-22(28)21-13-16-9-5-6-10-20(16)27(21)23(29)15-7-3-2-4-8-15/h2-4,7-8,11-12,14,16,20-21H,5-6,9-10,13H2,1H3,(H,26,28). The molecule has 0 radical (unpaired) electrons. The van der Waals surface area contributed by atoms with E-state index in [2.05, 4.69) is 5.32 Å². The van der Waals surface area contributed by atoms with E-state index in [9.17, 15) is 14.4 Å². The number of nitrogens with zero attached hydrogens (tertiary/aromatic N) is 1. The van der Waals surface area contributed by atoms with Gasteiger partial charge in [0.15, 0.2) is 0 Å². The second-order valence-corrected chi connectivity index (χ2v) is 8.52. The second kappa shape index (κ2) is 9.10. The number of likely N-dealkylation sites (tertiary alicyclic amines) is 1. The Morgan fingerprint density at radius 2 is 1.81 bits per heavy atom. The van der Waals surface area contributed by atoms with Gasteiger partial charge in [-0.15, -0.1) is 0 Å². The van der Waals surface area contributed by atoms with Crippen LogP contribution in [-0.2, 0) is 9.53 Å². The molecule has 3 unspecified atom stereocenters. The first-order valence-electron chi connectivity index (χ1n) is 10.6. The van der Waals surface area contributed by atoms with Crippen LogP contribution in [0.3, 0.4) is 0 Å². The average molecular weight is 441 g/mol. The molecule has 162 valence electrons. The third-order valence-electron chi connectivity index (χ3n) is 6.29. The number of amides is 2. The zero-order chi connectivity index (χ0) is 22.0. The van der Waals surface area contributed by atoms with Gasteiger partial charge in [-0.05, 0) is 55.5 Å². The van der Waals surface area contributed by atoms with Gasteiger partial charge in [0, 0.05) is 17.3 Å². The van der Waals surface area contributed by atoms with Crippen LogP contribution in [0.1, 0.15) is 52.8 Å². The van der Waals surface area contributed by atoms with Gasteiger partial charge in [0.2, 0.25) is 5.91 Å². The Morgan fingerprint density at radius 3 is 2.55 bits per heavy atom. The van der Waals surface area contributed by atoms with Crippen molar-refractivity contribution in [3.63, 3.8) is 0 Å². The van der Waals surface area contributed by atoms with Crippen molar-refractivity contribution in [3.05, 3.63) is 64.7 Å². The Labute approximate surface area is 186 Å². The predicted octanol–water partition coefficient (Wildman–Crippen LogP) is 4.54. The van der Waals surface area contributed by atoms with E-state index < -0.39 is 12.0 Å². The molecule has 0 spiro atoms. The van der Waals surface area contributed by atoms with E-state index in [1.807, 2.05) is 18.2 Å². The van der Waals surface area contributed by atoms with E-state index in [1.165, 1.54) is 13.2 Å². The molecular weight excluding hydrogens is 416 g/mol. The minimum atomic E-state index is -0.575. The van der Waals surface area contributed by atoms with Crippen molar-refractivity contribution < 1.29 is 19.1 Å². The maximum absolute atomic E-state index is 13.4. The fourth-order valence-electron chi connectivity index (χ4n) is 4.81. The molecule has 7 heteroatoms.